The van der Waals surface area contributed by atoms with Crippen LogP contribution < -0.4 is 10.2 Å². The quantitative estimate of drug-likeness (QED) is 0.880. The molecule has 1 aliphatic rings. The first-order valence-corrected chi connectivity index (χ1v) is 5.95. The molecule has 1 aliphatic heterocycles. The molecule has 0 saturated carbocycles. The lowest BCUT2D eigenvalue weighted by atomic mass is 10.0. The fraction of sp³-hybridized carbons (Fsp3) is 0.417. The maximum Gasteiger partial charge on any atom is 0.244 e. The Morgan fingerprint density at radius 1 is 1.53 bits per heavy atom. The highest BCUT2D eigenvalue weighted by molar-refractivity contribution is 6.31. The van der Waals surface area contributed by atoms with Crippen LogP contribution in [0.2, 0.25) is 5.02 Å². The molecule has 1 N–H and O–H groups in total. The van der Waals surface area contributed by atoms with Gasteiger partial charge in [0, 0.05) is 12.2 Å². The standard InChI is InChI=1S/C12H14ClFN2O/c1-15-11-3-2-6-16(12(11)17)8-4-5-10(14)9(13)7-8/h4-5,7,11,15H,2-3,6H2,1H3. The molecule has 0 radical (unpaired) electrons. The molecule has 0 bridgehead atoms. The van der Waals surface area contributed by atoms with E-state index >= 15 is 0 Å². The highest BCUT2D eigenvalue weighted by Gasteiger charge is 2.28. The van der Waals surface area contributed by atoms with Crippen LogP contribution in [0.15, 0.2) is 18.2 Å². The van der Waals surface area contributed by atoms with Crippen LogP contribution in [0.25, 0.3) is 0 Å². The van der Waals surface area contributed by atoms with Gasteiger partial charge in [0.15, 0.2) is 0 Å². The van der Waals surface area contributed by atoms with Crippen molar-refractivity contribution < 1.29 is 9.18 Å². The zero-order valence-corrected chi connectivity index (χ0v) is 10.3. The number of carbonyl (C=O) groups is 1. The molecule has 1 amide bonds. The molecule has 1 aromatic rings. The number of hydrogen-bond donors (Lipinski definition) is 1. The summed E-state index contributed by atoms with van der Waals surface area (Å²) in [4.78, 5) is 13.7. The van der Waals surface area contributed by atoms with Crippen molar-refractivity contribution in [1.29, 1.82) is 0 Å². The fourth-order valence-corrected chi connectivity index (χ4v) is 2.23. The third-order valence-corrected chi connectivity index (χ3v) is 3.29. The van der Waals surface area contributed by atoms with Crippen molar-refractivity contribution in [2.75, 3.05) is 18.5 Å². The predicted molar refractivity (Wildman–Crippen MR) is 65.8 cm³/mol. The topological polar surface area (TPSA) is 32.3 Å². The van der Waals surface area contributed by atoms with Crippen LogP contribution in [0.3, 0.4) is 0 Å². The van der Waals surface area contributed by atoms with E-state index in [2.05, 4.69) is 5.32 Å². The van der Waals surface area contributed by atoms with Crippen LogP contribution in [-0.4, -0.2) is 25.5 Å². The van der Waals surface area contributed by atoms with Crippen LogP contribution >= 0.6 is 11.6 Å². The minimum absolute atomic E-state index is 0.0152. The number of rotatable bonds is 2. The molecule has 5 heteroatoms. The summed E-state index contributed by atoms with van der Waals surface area (Å²) in [7, 11) is 1.77. The van der Waals surface area contributed by atoms with Gasteiger partial charge < -0.3 is 10.2 Å². The summed E-state index contributed by atoms with van der Waals surface area (Å²) in [6, 6.07) is 4.20. The number of carbonyl (C=O) groups excluding carboxylic acids is 1. The van der Waals surface area contributed by atoms with Gasteiger partial charge in [0.2, 0.25) is 5.91 Å². The molecule has 1 unspecified atom stereocenters. The van der Waals surface area contributed by atoms with Crippen molar-refractivity contribution in [3.05, 3.63) is 29.0 Å². The van der Waals surface area contributed by atoms with Crippen molar-refractivity contribution in [2.45, 2.75) is 18.9 Å². The first-order chi connectivity index (χ1) is 8.13. The summed E-state index contributed by atoms with van der Waals surface area (Å²) in [5.41, 5.74) is 0.654. The lowest BCUT2D eigenvalue weighted by Crippen LogP contribution is -2.49. The van der Waals surface area contributed by atoms with E-state index < -0.39 is 5.82 Å². The van der Waals surface area contributed by atoms with Gasteiger partial charge in [-0.1, -0.05) is 11.6 Å². The van der Waals surface area contributed by atoms with Crippen LogP contribution in [0, 0.1) is 5.82 Å². The van der Waals surface area contributed by atoms with Gasteiger partial charge in [-0.3, -0.25) is 4.79 Å². The van der Waals surface area contributed by atoms with Crippen LogP contribution in [0.4, 0.5) is 10.1 Å². The molecule has 1 aromatic carbocycles. The molecule has 3 nitrogen and oxygen atoms in total. The van der Waals surface area contributed by atoms with E-state index in [0.29, 0.717) is 12.2 Å². The molecule has 92 valence electrons. The van der Waals surface area contributed by atoms with Crippen molar-refractivity contribution >= 4 is 23.2 Å². The molecule has 1 fully saturated rings. The number of piperidine rings is 1. The summed E-state index contributed by atoms with van der Waals surface area (Å²) >= 11 is 5.72. The summed E-state index contributed by atoms with van der Waals surface area (Å²) in [6.45, 7) is 0.652. The molecule has 0 aliphatic carbocycles. The Bertz CT molecular complexity index is 439. The lowest BCUT2D eigenvalue weighted by Gasteiger charge is -2.32. The van der Waals surface area contributed by atoms with E-state index in [9.17, 15) is 9.18 Å². The minimum Gasteiger partial charge on any atom is -0.311 e. The molecular formula is C12H14ClFN2O. The average Bonchev–Trinajstić information content (AvgIpc) is 2.33. The zero-order chi connectivity index (χ0) is 12.4. The third-order valence-electron chi connectivity index (χ3n) is 3.00. The summed E-state index contributed by atoms with van der Waals surface area (Å²) in [5.74, 6) is -0.452. The summed E-state index contributed by atoms with van der Waals surface area (Å²) < 4.78 is 13.1. The van der Waals surface area contributed by atoms with Crippen molar-refractivity contribution in [3.8, 4) is 0 Å². The molecule has 0 spiro atoms. The van der Waals surface area contributed by atoms with Crippen LogP contribution in [-0.2, 0) is 4.79 Å². The Labute approximate surface area is 105 Å². The highest BCUT2D eigenvalue weighted by Crippen LogP contribution is 2.25. The average molecular weight is 257 g/mol. The van der Waals surface area contributed by atoms with E-state index in [1.165, 1.54) is 12.1 Å². The number of benzene rings is 1. The Morgan fingerprint density at radius 2 is 2.29 bits per heavy atom. The molecule has 17 heavy (non-hydrogen) atoms. The monoisotopic (exact) mass is 256 g/mol. The molecule has 2 rings (SSSR count). The molecule has 1 atom stereocenters. The van der Waals surface area contributed by atoms with Crippen molar-refractivity contribution in [1.82, 2.24) is 5.32 Å². The van der Waals surface area contributed by atoms with E-state index in [0.717, 1.165) is 12.8 Å². The molecule has 0 aromatic heterocycles. The predicted octanol–water partition coefficient (Wildman–Crippen LogP) is 2.19. The maximum absolute atomic E-state index is 13.1. The van der Waals surface area contributed by atoms with E-state index in [-0.39, 0.29) is 17.0 Å². The Hall–Kier alpha value is -1.13. The summed E-state index contributed by atoms with van der Waals surface area (Å²) in [6.07, 6.45) is 1.76. The number of anilines is 1. The Balaban J connectivity index is 2.26. The van der Waals surface area contributed by atoms with E-state index in [4.69, 9.17) is 11.6 Å². The normalized spacial score (nSPS) is 20.8. The molecule has 1 saturated heterocycles. The van der Waals surface area contributed by atoms with Gasteiger partial charge in [0.05, 0.1) is 11.1 Å². The smallest absolute Gasteiger partial charge is 0.244 e. The maximum atomic E-state index is 13.1. The number of nitrogens with zero attached hydrogens (tertiary/aromatic N) is 1. The van der Waals surface area contributed by atoms with Gasteiger partial charge in [-0.15, -0.1) is 0 Å². The second-order valence-corrected chi connectivity index (χ2v) is 4.48. The number of halogens is 2. The van der Waals surface area contributed by atoms with Gasteiger partial charge in [-0.25, -0.2) is 4.39 Å². The van der Waals surface area contributed by atoms with Gasteiger partial charge in [-0.2, -0.15) is 0 Å². The first-order valence-electron chi connectivity index (χ1n) is 5.57. The van der Waals surface area contributed by atoms with Crippen LogP contribution in [0.1, 0.15) is 12.8 Å². The van der Waals surface area contributed by atoms with Crippen molar-refractivity contribution in [3.63, 3.8) is 0 Å². The number of likely N-dealkylation sites (N-methyl/N-ethyl adjacent to an activating group) is 1. The third kappa shape index (κ3) is 2.42. The SMILES string of the molecule is CNC1CCCN(c2ccc(F)c(Cl)c2)C1=O. The number of amides is 1. The van der Waals surface area contributed by atoms with Crippen LogP contribution in [0.5, 0.6) is 0 Å². The zero-order valence-electron chi connectivity index (χ0n) is 9.54. The fourth-order valence-electron chi connectivity index (χ4n) is 2.05. The second kappa shape index (κ2) is 5.02. The number of hydrogen-bond acceptors (Lipinski definition) is 2. The van der Waals surface area contributed by atoms with Gasteiger partial charge in [0.25, 0.3) is 0 Å². The van der Waals surface area contributed by atoms with Gasteiger partial charge >= 0.3 is 0 Å². The molecule has 1 heterocycles. The first kappa shape index (κ1) is 12.3. The largest absolute Gasteiger partial charge is 0.311 e. The highest BCUT2D eigenvalue weighted by atomic mass is 35.5. The van der Waals surface area contributed by atoms with Gasteiger partial charge in [0.1, 0.15) is 5.82 Å². The van der Waals surface area contributed by atoms with Gasteiger partial charge in [-0.05, 0) is 38.1 Å². The molecular weight excluding hydrogens is 243 g/mol. The Kier molecular flexibility index (Phi) is 3.64. The lowest BCUT2D eigenvalue weighted by molar-refractivity contribution is -0.121. The second-order valence-electron chi connectivity index (χ2n) is 4.07. The van der Waals surface area contributed by atoms with Crippen molar-refractivity contribution in [2.24, 2.45) is 0 Å². The van der Waals surface area contributed by atoms with E-state index in [1.54, 1.807) is 18.0 Å². The minimum atomic E-state index is -0.468. The summed E-state index contributed by atoms with van der Waals surface area (Å²) in [5, 5.41) is 3.02. The van der Waals surface area contributed by atoms with E-state index in [1.807, 2.05) is 0 Å². The Morgan fingerprint density at radius 3 is 2.94 bits per heavy atom. The number of nitrogens with one attached hydrogen (secondary N) is 1.